The summed E-state index contributed by atoms with van der Waals surface area (Å²) in [5, 5.41) is 12.7. The van der Waals surface area contributed by atoms with Crippen molar-refractivity contribution in [2.24, 2.45) is 5.41 Å². The molecule has 0 saturated heterocycles. The van der Waals surface area contributed by atoms with Gasteiger partial charge in [0.1, 0.15) is 0 Å². The Kier molecular flexibility index (Phi) is 6.35. The molecule has 13 heavy (non-hydrogen) atoms. The van der Waals surface area contributed by atoms with Gasteiger partial charge in [-0.25, -0.2) is 0 Å². The van der Waals surface area contributed by atoms with Gasteiger partial charge in [0.25, 0.3) is 0 Å². The molecule has 2 N–H and O–H groups in total. The minimum Gasteiger partial charge on any atom is -0.393 e. The average molecular weight is 187 g/mol. The van der Waals surface area contributed by atoms with Gasteiger partial charge in [-0.3, -0.25) is 0 Å². The highest BCUT2D eigenvalue weighted by Crippen LogP contribution is 2.10. The third kappa shape index (κ3) is 9.84. The molecule has 0 amide bonds. The van der Waals surface area contributed by atoms with Gasteiger partial charge >= 0.3 is 0 Å². The molecule has 0 radical (unpaired) electrons. The van der Waals surface area contributed by atoms with Crippen LogP contribution < -0.4 is 5.32 Å². The van der Waals surface area contributed by atoms with Crippen molar-refractivity contribution in [2.45, 2.75) is 53.1 Å². The Labute approximate surface area is 82.7 Å². The van der Waals surface area contributed by atoms with Gasteiger partial charge in [-0.05, 0) is 37.8 Å². The van der Waals surface area contributed by atoms with E-state index in [9.17, 15) is 5.11 Å². The number of aliphatic hydroxyl groups is 1. The molecule has 0 saturated carbocycles. The van der Waals surface area contributed by atoms with E-state index in [-0.39, 0.29) is 6.10 Å². The Morgan fingerprint density at radius 2 is 1.92 bits per heavy atom. The Morgan fingerprint density at radius 3 is 2.38 bits per heavy atom. The predicted molar refractivity (Wildman–Crippen MR) is 57.9 cm³/mol. The van der Waals surface area contributed by atoms with Gasteiger partial charge in [0.05, 0.1) is 6.10 Å². The van der Waals surface area contributed by atoms with Crippen LogP contribution in [0, 0.1) is 5.41 Å². The van der Waals surface area contributed by atoms with Crippen molar-refractivity contribution in [3.63, 3.8) is 0 Å². The predicted octanol–water partition coefficient (Wildman–Crippen LogP) is 2.17. The zero-order valence-electron chi connectivity index (χ0n) is 9.56. The molecule has 2 nitrogen and oxygen atoms in total. The molecule has 80 valence electrons. The molecule has 0 aromatic rings. The zero-order chi connectivity index (χ0) is 10.3. The Balaban J connectivity index is 3.18. The second kappa shape index (κ2) is 6.39. The van der Waals surface area contributed by atoms with Crippen LogP contribution in [0.5, 0.6) is 0 Å². The topological polar surface area (TPSA) is 32.3 Å². The highest BCUT2D eigenvalue weighted by atomic mass is 16.3. The maximum atomic E-state index is 9.29. The van der Waals surface area contributed by atoms with Crippen molar-refractivity contribution >= 4 is 0 Å². The molecule has 0 aliphatic rings. The SMILES string of the molecule is CCC(O)CCCNCC(C)(C)C. The van der Waals surface area contributed by atoms with Crippen molar-refractivity contribution in [3.8, 4) is 0 Å². The van der Waals surface area contributed by atoms with E-state index in [1.54, 1.807) is 0 Å². The lowest BCUT2D eigenvalue weighted by Crippen LogP contribution is -2.28. The van der Waals surface area contributed by atoms with Crippen molar-refractivity contribution < 1.29 is 5.11 Å². The molecular formula is C11H25NO. The maximum Gasteiger partial charge on any atom is 0.0538 e. The van der Waals surface area contributed by atoms with E-state index >= 15 is 0 Å². The monoisotopic (exact) mass is 187 g/mol. The number of nitrogens with one attached hydrogen (secondary N) is 1. The molecule has 0 aromatic carbocycles. The summed E-state index contributed by atoms with van der Waals surface area (Å²) < 4.78 is 0. The normalized spacial score (nSPS) is 14.5. The first-order valence-electron chi connectivity index (χ1n) is 5.34. The first-order valence-corrected chi connectivity index (χ1v) is 5.34. The first-order chi connectivity index (χ1) is 5.95. The Bertz CT molecular complexity index is 118. The van der Waals surface area contributed by atoms with Crippen LogP contribution in [0.25, 0.3) is 0 Å². The fourth-order valence-corrected chi connectivity index (χ4v) is 1.13. The van der Waals surface area contributed by atoms with Gasteiger partial charge in [0.15, 0.2) is 0 Å². The van der Waals surface area contributed by atoms with Crippen molar-refractivity contribution in [2.75, 3.05) is 13.1 Å². The molecule has 1 atom stereocenters. The van der Waals surface area contributed by atoms with Crippen LogP contribution in [0.3, 0.4) is 0 Å². The highest BCUT2D eigenvalue weighted by molar-refractivity contribution is 4.65. The summed E-state index contributed by atoms with van der Waals surface area (Å²) in [7, 11) is 0. The Morgan fingerprint density at radius 1 is 1.31 bits per heavy atom. The van der Waals surface area contributed by atoms with Crippen LogP contribution in [0.15, 0.2) is 0 Å². The molecule has 0 heterocycles. The van der Waals surface area contributed by atoms with Crippen LogP contribution in [0.2, 0.25) is 0 Å². The van der Waals surface area contributed by atoms with Gasteiger partial charge in [-0.1, -0.05) is 27.7 Å². The molecule has 0 bridgehead atoms. The van der Waals surface area contributed by atoms with Crippen LogP contribution in [0.1, 0.15) is 47.0 Å². The summed E-state index contributed by atoms with van der Waals surface area (Å²) in [6.07, 6.45) is 2.77. The summed E-state index contributed by atoms with van der Waals surface area (Å²) in [6.45, 7) is 10.8. The number of aliphatic hydroxyl groups excluding tert-OH is 1. The summed E-state index contributed by atoms with van der Waals surface area (Å²) in [5.74, 6) is 0. The van der Waals surface area contributed by atoms with E-state index in [0.717, 1.165) is 32.4 Å². The van der Waals surface area contributed by atoms with E-state index in [2.05, 4.69) is 26.1 Å². The fraction of sp³-hybridized carbons (Fsp3) is 1.00. The number of hydrogen-bond acceptors (Lipinski definition) is 2. The van der Waals surface area contributed by atoms with Crippen LogP contribution in [-0.4, -0.2) is 24.3 Å². The fourth-order valence-electron chi connectivity index (χ4n) is 1.13. The minimum absolute atomic E-state index is 0.101. The molecular weight excluding hydrogens is 162 g/mol. The second-order valence-corrected chi connectivity index (χ2v) is 4.94. The van der Waals surface area contributed by atoms with E-state index in [1.807, 2.05) is 6.92 Å². The van der Waals surface area contributed by atoms with Crippen molar-refractivity contribution in [3.05, 3.63) is 0 Å². The van der Waals surface area contributed by atoms with Crippen LogP contribution >= 0.6 is 0 Å². The third-order valence-corrected chi connectivity index (χ3v) is 2.02. The molecule has 0 aliphatic heterocycles. The van der Waals surface area contributed by atoms with E-state index in [4.69, 9.17) is 0 Å². The largest absolute Gasteiger partial charge is 0.393 e. The Hall–Kier alpha value is -0.0800. The first kappa shape index (κ1) is 12.9. The van der Waals surface area contributed by atoms with Crippen molar-refractivity contribution in [1.29, 1.82) is 0 Å². The number of hydrogen-bond donors (Lipinski definition) is 2. The van der Waals surface area contributed by atoms with E-state index in [1.165, 1.54) is 0 Å². The maximum absolute atomic E-state index is 9.29. The van der Waals surface area contributed by atoms with Crippen molar-refractivity contribution in [1.82, 2.24) is 5.32 Å². The summed E-state index contributed by atoms with van der Waals surface area (Å²) in [6, 6.07) is 0. The summed E-state index contributed by atoms with van der Waals surface area (Å²) in [5.41, 5.74) is 0.364. The highest BCUT2D eigenvalue weighted by Gasteiger charge is 2.08. The lowest BCUT2D eigenvalue weighted by atomic mass is 9.97. The zero-order valence-corrected chi connectivity index (χ0v) is 9.56. The minimum atomic E-state index is -0.101. The smallest absolute Gasteiger partial charge is 0.0538 e. The molecule has 1 unspecified atom stereocenters. The summed E-state index contributed by atoms with van der Waals surface area (Å²) >= 11 is 0. The standard InChI is InChI=1S/C11H25NO/c1-5-10(13)7-6-8-12-9-11(2,3)4/h10,12-13H,5-9H2,1-4H3. The number of rotatable bonds is 6. The van der Waals surface area contributed by atoms with Crippen LogP contribution in [0.4, 0.5) is 0 Å². The second-order valence-electron chi connectivity index (χ2n) is 4.94. The molecule has 0 spiro atoms. The molecule has 0 fully saturated rings. The van der Waals surface area contributed by atoms with Crippen LogP contribution in [-0.2, 0) is 0 Å². The average Bonchev–Trinajstić information content (AvgIpc) is 2.01. The molecule has 0 aliphatic carbocycles. The molecule has 2 heteroatoms. The lowest BCUT2D eigenvalue weighted by Gasteiger charge is -2.18. The van der Waals surface area contributed by atoms with Gasteiger partial charge in [0, 0.05) is 0 Å². The quantitative estimate of drug-likeness (QED) is 0.625. The van der Waals surface area contributed by atoms with Gasteiger partial charge in [-0.2, -0.15) is 0 Å². The van der Waals surface area contributed by atoms with Gasteiger partial charge < -0.3 is 10.4 Å². The molecule has 0 rings (SSSR count). The van der Waals surface area contributed by atoms with Gasteiger partial charge in [0.2, 0.25) is 0 Å². The lowest BCUT2D eigenvalue weighted by molar-refractivity contribution is 0.157. The summed E-state index contributed by atoms with van der Waals surface area (Å²) in [4.78, 5) is 0. The van der Waals surface area contributed by atoms with E-state index in [0.29, 0.717) is 5.41 Å². The molecule has 0 aromatic heterocycles. The van der Waals surface area contributed by atoms with E-state index < -0.39 is 0 Å². The third-order valence-electron chi connectivity index (χ3n) is 2.02. The van der Waals surface area contributed by atoms with Gasteiger partial charge in [-0.15, -0.1) is 0 Å².